The zero-order valence-electron chi connectivity index (χ0n) is 18.4. The Labute approximate surface area is 192 Å². The molecule has 2 heterocycles. The van der Waals surface area contributed by atoms with Crippen molar-refractivity contribution in [2.75, 3.05) is 20.1 Å². The van der Waals surface area contributed by atoms with Gasteiger partial charge < -0.3 is 29.6 Å². The van der Waals surface area contributed by atoms with E-state index in [1.807, 2.05) is 36.4 Å². The van der Waals surface area contributed by atoms with E-state index in [0.29, 0.717) is 38.1 Å². The number of aryl methyl sites for hydroxylation is 2. The van der Waals surface area contributed by atoms with Gasteiger partial charge in [-0.15, -0.1) is 0 Å². The van der Waals surface area contributed by atoms with Crippen molar-refractivity contribution in [3.8, 4) is 23.0 Å². The molecule has 8 nitrogen and oxygen atoms in total. The number of rotatable bonds is 10. The molecule has 1 saturated carbocycles. The summed E-state index contributed by atoms with van der Waals surface area (Å²) in [6.45, 7) is 0.940. The van der Waals surface area contributed by atoms with Crippen molar-refractivity contribution in [1.82, 2.24) is 10.6 Å². The number of fused-ring (bicyclic) bond motifs is 2. The molecule has 0 unspecified atom stereocenters. The van der Waals surface area contributed by atoms with E-state index >= 15 is 0 Å². The molecule has 1 aliphatic carbocycles. The molecule has 1 atom stereocenters. The Hall–Kier alpha value is -3.42. The third-order valence-electron chi connectivity index (χ3n) is 6.21. The highest BCUT2D eigenvalue weighted by Crippen LogP contribution is 2.34. The summed E-state index contributed by atoms with van der Waals surface area (Å²) in [6.07, 6.45) is 4.19. The Bertz CT molecular complexity index is 1040. The van der Waals surface area contributed by atoms with Crippen molar-refractivity contribution in [2.45, 2.75) is 44.6 Å². The van der Waals surface area contributed by atoms with Gasteiger partial charge in [-0.05, 0) is 67.0 Å². The third kappa shape index (κ3) is 5.50. The fraction of sp³-hybridized carbons (Fsp3) is 0.440. The molecule has 0 radical (unpaired) electrons. The molecule has 174 valence electrons. The second kappa shape index (κ2) is 9.60. The number of carbonyl (C=O) groups is 2. The molecule has 0 bridgehead atoms. The fourth-order valence-corrected chi connectivity index (χ4v) is 4.13. The van der Waals surface area contributed by atoms with E-state index in [4.69, 9.17) is 18.9 Å². The highest BCUT2D eigenvalue weighted by atomic mass is 16.7. The lowest BCUT2D eigenvalue weighted by Crippen LogP contribution is -2.45. The van der Waals surface area contributed by atoms with Crippen LogP contribution in [0.5, 0.6) is 23.0 Å². The lowest BCUT2D eigenvalue weighted by molar-refractivity contribution is -0.123. The first-order valence-corrected chi connectivity index (χ1v) is 11.5. The molecule has 2 aromatic carbocycles. The van der Waals surface area contributed by atoms with E-state index in [9.17, 15) is 9.59 Å². The summed E-state index contributed by atoms with van der Waals surface area (Å²) < 4.78 is 21.4. The van der Waals surface area contributed by atoms with Gasteiger partial charge in [0.1, 0.15) is 0 Å². The van der Waals surface area contributed by atoms with Crippen LogP contribution >= 0.6 is 0 Å². The van der Waals surface area contributed by atoms with Crippen molar-refractivity contribution in [3.05, 3.63) is 47.5 Å². The quantitative estimate of drug-likeness (QED) is 0.576. The number of nitrogens with one attached hydrogen (secondary N) is 2. The number of amides is 2. The zero-order chi connectivity index (χ0) is 22.6. The molecule has 0 spiro atoms. The molecule has 5 rings (SSSR count). The molecule has 2 amide bonds. The number of hydrogen-bond acceptors (Lipinski definition) is 6. The highest BCUT2D eigenvalue weighted by Gasteiger charge is 2.32. The third-order valence-corrected chi connectivity index (χ3v) is 6.21. The average molecular weight is 453 g/mol. The smallest absolute Gasteiger partial charge is 0.231 e. The molecule has 2 aromatic rings. The SMILES string of the molecule is O=C(CCc1ccc2c(c1)OCO2)NC[C@@H](NC(=O)CCc1ccc2c(c1)OCO2)C1CC1. The molecular weight excluding hydrogens is 424 g/mol. The summed E-state index contributed by atoms with van der Waals surface area (Å²) in [6, 6.07) is 11.5. The summed E-state index contributed by atoms with van der Waals surface area (Å²) in [4.78, 5) is 24.9. The first kappa shape index (κ1) is 21.4. The van der Waals surface area contributed by atoms with Crippen LogP contribution in [0.2, 0.25) is 0 Å². The minimum atomic E-state index is -0.0243. The van der Waals surface area contributed by atoms with Crippen LogP contribution in [-0.4, -0.2) is 38.0 Å². The van der Waals surface area contributed by atoms with Gasteiger partial charge in [-0.1, -0.05) is 12.1 Å². The van der Waals surface area contributed by atoms with Crippen LogP contribution in [-0.2, 0) is 22.4 Å². The molecule has 2 N–H and O–H groups in total. The summed E-state index contributed by atoms with van der Waals surface area (Å²) in [7, 11) is 0. The van der Waals surface area contributed by atoms with Crippen molar-refractivity contribution in [2.24, 2.45) is 5.92 Å². The number of carbonyl (C=O) groups excluding carboxylic acids is 2. The van der Waals surface area contributed by atoms with Crippen LogP contribution in [0.15, 0.2) is 36.4 Å². The maximum Gasteiger partial charge on any atom is 0.231 e. The van der Waals surface area contributed by atoms with E-state index in [-0.39, 0.29) is 31.4 Å². The predicted molar refractivity (Wildman–Crippen MR) is 119 cm³/mol. The van der Waals surface area contributed by atoms with Gasteiger partial charge in [-0.3, -0.25) is 9.59 Å². The molecule has 33 heavy (non-hydrogen) atoms. The van der Waals surface area contributed by atoms with Gasteiger partial charge in [-0.25, -0.2) is 0 Å². The van der Waals surface area contributed by atoms with Gasteiger partial charge in [0.05, 0.1) is 0 Å². The minimum Gasteiger partial charge on any atom is -0.454 e. The molecule has 0 saturated heterocycles. The predicted octanol–water partition coefficient (Wildman–Crippen LogP) is 2.72. The number of benzene rings is 2. The van der Waals surface area contributed by atoms with E-state index < -0.39 is 0 Å². The fourth-order valence-electron chi connectivity index (χ4n) is 4.13. The summed E-state index contributed by atoms with van der Waals surface area (Å²) >= 11 is 0. The second-order valence-electron chi connectivity index (χ2n) is 8.69. The van der Waals surface area contributed by atoms with Gasteiger partial charge >= 0.3 is 0 Å². The maximum absolute atomic E-state index is 12.5. The summed E-state index contributed by atoms with van der Waals surface area (Å²) in [5, 5.41) is 6.11. The van der Waals surface area contributed by atoms with Crippen LogP contribution in [0, 0.1) is 5.92 Å². The lowest BCUT2D eigenvalue weighted by atomic mass is 10.1. The van der Waals surface area contributed by atoms with Gasteiger partial charge in [0, 0.05) is 25.4 Å². The minimum absolute atomic E-state index is 0.000763. The Balaban J connectivity index is 1.05. The Morgan fingerprint density at radius 2 is 1.33 bits per heavy atom. The first-order chi connectivity index (χ1) is 16.1. The summed E-state index contributed by atoms with van der Waals surface area (Å²) in [5.74, 6) is 3.36. The number of hydrogen-bond donors (Lipinski definition) is 2. The first-order valence-electron chi connectivity index (χ1n) is 11.5. The topological polar surface area (TPSA) is 95.1 Å². The molecular formula is C25H28N2O6. The van der Waals surface area contributed by atoms with Gasteiger partial charge in [0.25, 0.3) is 0 Å². The van der Waals surface area contributed by atoms with Crippen molar-refractivity contribution in [3.63, 3.8) is 0 Å². The monoisotopic (exact) mass is 452 g/mol. The maximum atomic E-state index is 12.5. The van der Waals surface area contributed by atoms with E-state index in [1.54, 1.807) is 0 Å². The van der Waals surface area contributed by atoms with Crippen molar-refractivity contribution >= 4 is 11.8 Å². The van der Waals surface area contributed by atoms with Crippen LogP contribution < -0.4 is 29.6 Å². The van der Waals surface area contributed by atoms with Crippen LogP contribution in [0.1, 0.15) is 36.8 Å². The largest absolute Gasteiger partial charge is 0.454 e. The average Bonchev–Trinajstić information content (AvgIpc) is 3.38. The van der Waals surface area contributed by atoms with Gasteiger partial charge in [0.2, 0.25) is 25.4 Å². The van der Waals surface area contributed by atoms with Crippen molar-refractivity contribution < 1.29 is 28.5 Å². The molecule has 8 heteroatoms. The zero-order valence-corrected chi connectivity index (χ0v) is 18.4. The van der Waals surface area contributed by atoms with Crippen LogP contribution in [0.25, 0.3) is 0 Å². The summed E-state index contributed by atoms with van der Waals surface area (Å²) in [5.41, 5.74) is 2.07. The Morgan fingerprint density at radius 1 is 0.788 bits per heavy atom. The van der Waals surface area contributed by atoms with Crippen LogP contribution in [0.3, 0.4) is 0 Å². The van der Waals surface area contributed by atoms with E-state index in [2.05, 4.69) is 10.6 Å². The normalized spacial score (nSPS) is 16.4. The Kier molecular flexibility index (Phi) is 6.24. The standard InChI is InChI=1S/C25H28N2O6/c28-24(9-3-16-1-7-20-22(11-16)32-14-30-20)26-13-19(18-5-6-18)27-25(29)10-4-17-2-8-21-23(12-17)33-15-31-21/h1-2,7-8,11-12,18-19H,3-6,9-10,13-15H2,(H,26,28)(H,27,29)/t19-/m1/s1. The second-order valence-corrected chi connectivity index (χ2v) is 8.69. The van der Waals surface area contributed by atoms with Gasteiger partial charge in [0.15, 0.2) is 23.0 Å². The highest BCUT2D eigenvalue weighted by molar-refractivity contribution is 5.78. The molecule has 3 aliphatic rings. The Morgan fingerprint density at radius 3 is 1.91 bits per heavy atom. The van der Waals surface area contributed by atoms with E-state index in [1.165, 1.54) is 0 Å². The van der Waals surface area contributed by atoms with Crippen LogP contribution in [0.4, 0.5) is 0 Å². The number of ether oxygens (including phenoxy) is 4. The molecule has 1 fully saturated rings. The molecule has 2 aliphatic heterocycles. The molecule has 0 aromatic heterocycles. The van der Waals surface area contributed by atoms with Gasteiger partial charge in [-0.2, -0.15) is 0 Å². The van der Waals surface area contributed by atoms with E-state index in [0.717, 1.165) is 47.0 Å². The lowest BCUT2D eigenvalue weighted by Gasteiger charge is -2.19. The van der Waals surface area contributed by atoms with Crippen molar-refractivity contribution in [1.29, 1.82) is 0 Å².